The molecule has 0 unspecified atom stereocenters. The van der Waals surface area contributed by atoms with Crippen molar-refractivity contribution < 1.29 is 9.90 Å². The Morgan fingerprint density at radius 2 is 1.95 bits per heavy atom. The van der Waals surface area contributed by atoms with Gasteiger partial charge >= 0.3 is 0 Å². The summed E-state index contributed by atoms with van der Waals surface area (Å²) in [5.74, 6) is 0.203. The third-order valence-corrected chi connectivity index (χ3v) is 3.59. The van der Waals surface area contributed by atoms with Gasteiger partial charge in [-0.3, -0.25) is 4.79 Å². The van der Waals surface area contributed by atoms with Crippen molar-refractivity contribution in [1.82, 2.24) is 5.32 Å². The zero-order valence-electron chi connectivity index (χ0n) is 12.4. The molecule has 4 nitrogen and oxygen atoms in total. The van der Waals surface area contributed by atoms with Crippen molar-refractivity contribution in [2.75, 3.05) is 11.9 Å². The zero-order chi connectivity index (χ0) is 15.3. The molecule has 0 bridgehead atoms. The minimum Gasteiger partial charge on any atom is -0.394 e. The molecule has 5 heteroatoms. The van der Waals surface area contributed by atoms with Crippen LogP contribution in [0.3, 0.4) is 0 Å². The van der Waals surface area contributed by atoms with E-state index in [9.17, 15) is 4.79 Å². The van der Waals surface area contributed by atoms with Crippen LogP contribution in [0.25, 0.3) is 0 Å². The van der Waals surface area contributed by atoms with Gasteiger partial charge < -0.3 is 15.7 Å². The number of halogens is 1. The molecule has 3 N–H and O–H groups in total. The van der Waals surface area contributed by atoms with Gasteiger partial charge in [0.15, 0.2) is 0 Å². The lowest BCUT2D eigenvalue weighted by Crippen LogP contribution is -2.35. The van der Waals surface area contributed by atoms with Gasteiger partial charge in [-0.05, 0) is 38.0 Å². The van der Waals surface area contributed by atoms with E-state index >= 15 is 0 Å². The smallest absolute Gasteiger partial charge is 0.253 e. The molecule has 2 atom stereocenters. The Kier molecular flexibility index (Phi) is 6.30. The molecule has 0 aliphatic carbocycles. The number of anilines is 1. The topological polar surface area (TPSA) is 61.4 Å². The zero-order valence-corrected chi connectivity index (χ0v) is 13.2. The maximum atomic E-state index is 12.1. The van der Waals surface area contributed by atoms with Gasteiger partial charge in [0.2, 0.25) is 0 Å². The molecule has 1 aromatic rings. The monoisotopic (exact) mass is 298 g/mol. The van der Waals surface area contributed by atoms with Crippen LogP contribution in [-0.4, -0.2) is 29.7 Å². The molecule has 0 aliphatic rings. The molecule has 1 aromatic carbocycles. The normalized spacial score (nSPS) is 13.9. The van der Waals surface area contributed by atoms with E-state index in [4.69, 9.17) is 16.7 Å². The van der Waals surface area contributed by atoms with E-state index in [1.54, 1.807) is 19.1 Å². The fourth-order valence-electron chi connectivity index (χ4n) is 1.57. The third-order valence-electron chi connectivity index (χ3n) is 3.26. The molecule has 0 saturated carbocycles. The SMILES string of the molecule is CC(C)[C@H](C)Nc1ccc(Cl)c(C(=O)N[C@@H](C)CO)c1. The number of aliphatic hydroxyl groups is 1. The van der Waals surface area contributed by atoms with E-state index in [-0.39, 0.29) is 18.6 Å². The fraction of sp³-hybridized carbons (Fsp3) is 0.533. The summed E-state index contributed by atoms with van der Waals surface area (Å²) in [6.45, 7) is 7.97. The highest BCUT2D eigenvalue weighted by Gasteiger charge is 2.14. The summed E-state index contributed by atoms with van der Waals surface area (Å²) in [6, 6.07) is 5.29. The molecule has 0 heterocycles. The van der Waals surface area contributed by atoms with Crippen molar-refractivity contribution >= 4 is 23.2 Å². The Bertz CT molecular complexity index is 463. The number of carbonyl (C=O) groups excluding carboxylic acids is 1. The van der Waals surface area contributed by atoms with Gasteiger partial charge in [-0.15, -0.1) is 0 Å². The molecule has 1 amide bonds. The fourth-order valence-corrected chi connectivity index (χ4v) is 1.77. The third kappa shape index (κ3) is 4.69. The number of benzene rings is 1. The Morgan fingerprint density at radius 3 is 2.50 bits per heavy atom. The van der Waals surface area contributed by atoms with E-state index in [0.717, 1.165) is 5.69 Å². The van der Waals surface area contributed by atoms with Crippen molar-refractivity contribution in [2.45, 2.75) is 39.8 Å². The summed E-state index contributed by atoms with van der Waals surface area (Å²) < 4.78 is 0. The standard InChI is InChI=1S/C15H23ClN2O2/c1-9(2)11(4)18-12-5-6-14(16)13(7-12)15(20)17-10(3)8-19/h5-7,9-11,18-19H,8H2,1-4H3,(H,17,20)/t10-,11-/m0/s1. The first kappa shape index (κ1) is 16.8. The quantitative estimate of drug-likeness (QED) is 0.757. The summed E-state index contributed by atoms with van der Waals surface area (Å²) >= 11 is 6.07. The second kappa shape index (κ2) is 7.50. The highest BCUT2D eigenvalue weighted by atomic mass is 35.5. The number of amides is 1. The molecule has 0 aromatic heterocycles. The first-order valence-corrected chi connectivity index (χ1v) is 7.20. The van der Waals surface area contributed by atoms with Crippen molar-refractivity contribution in [3.63, 3.8) is 0 Å². The van der Waals surface area contributed by atoms with Crippen LogP contribution in [0.4, 0.5) is 5.69 Å². The maximum Gasteiger partial charge on any atom is 0.253 e. The molecule has 0 fully saturated rings. The lowest BCUT2D eigenvalue weighted by atomic mass is 10.1. The van der Waals surface area contributed by atoms with E-state index in [0.29, 0.717) is 22.5 Å². The van der Waals surface area contributed by atoms with Crippen LogP contribution in [0.2, 0.25) is 5.02 Å². The van der Waals surface area contributed by atoms with Gasteiger partial charge in [0, 0.05) is 17.8 Å². The van der Waals surface area contributed by atoms with Gasteiger partial charge in [0.05, 0.1) is 17.2 Å². The highest BCUT2D eigenvalue weighted by Crippen LogP contribution is 2.22. The van der Waals surface area contributed by atoms with Crippen LogP contribution >= 0.6 is 11.6 Å². The minimum absolute atomic E-state index is 0.105. The predicted molar refractivity (Wildman–Crippen MR) is 83.4 cm³/mol. The molecule has 112 valence electrons. The number of aliphatic hydroxyl groups excluding tert-OH is 1. The Balaban J connectivity index is 2.88. The van der Waals surface area contributed by atoms with E-state index in [1.165, 1.54) is 0 Å². The molecule has 20 heavy (non-hydrogen) atoms. The number of hydrogen-bond acceptors (Lipinski definition) is 3. The van der Waals surface area contributed by atoms with E-state index in [2.05, 4.69) is 31.4 Å². The van der Waals surface area contributed by atoms with Crippen LogP contribution in [-0.2, 0) is 0 Å². The molecule has 0 saturated heterocycles. The predicted octanol–water partition coefficient (Wildman–Crippen LogP) is 2.91. The molecule has 0 spiro atoms. The number of carbonyl (C=O) groups is 1. The van der Waals surface area contributed by atoms with Gasteiger partial charge in [-0.25, -0.2) is 0 Å². The number of rotatable bonds is 6. The van der Waals surface area contributed by atoms with E-state index < -0.39 is 0 Å². The average molecular weight is 299 g/mol. The minimum atomic E-state index is -0.301. The van der Waals surface area contributed by atoms with Crippen molar-refractivity contribution in [3.8, 4) is 0 Å². The Labute approximate surface area is 125 Å². The number of hydrogen-bond donors (Lipinski definition) is 3. The van der Waals surface area contributed by atoms with Crippen LogP contribution in [0.1, 0.15) is 38.1 Å². The van der Waals surface area contributed by atoms with Gasteiger partial charge in [-0.2, -0.15) is 0 Å². The van der Waals surface area contributed by atoms with Crippen LogP contribution in [0.15, 0.2) is 18.2 Å². The second-order valence-electron chi connectivity index (χ2n) is 5.43. The van der Waals surface area contributed by atoms with Crippen molar-refractivity contribution in [3.05, 3.63) is 28.8 Å². The summed E-state index contributed by atoms with van der Waals surface area (Å²) in [5.41, 5.74) is 1.27. The van der Waals surface area contributed by atoms with Gasteiger partial charge in [0.1, 0.15) is 0 Å². The summed E-state index contributed by atoms with van der Waals surface area (Å²) in [4.78, 5) is 12.1. The van der Waals surface area contributed by atoms with Crippen molar-refractivity contribution in [1.29, 1.82) is 0 Å². The first-order valence-electron chi connectivity index (χ1n) is 6.83. The maximum absolute atomic E-state index is 12.1. The van der Waals surface area contributed by atoms with Crippen LogP contribution in [0, 0.1) is 5.92 Å². The van der Waals surface area contributed by atoms with Gasteiger partial charge in [-0.1, -0.05) is 25.4 Å². The Hall–Kier alpha value is -1.26. The lowest BCUT2D eigenvalue weighted by molar-refractivity contribution is 0.0922. The average Bonchev–Trinajstić information content (AvgIpc) is 2.40. The summed E-state index contributed by atoms with van der Waals surface area (Å²) in [7, 11) is 0. The Morgan fingerprint density at radius 1 is 1.30 bits per heavy atom. The van der Waals surface area contributed by atoms with Crippen molar-refractivity contribution in [2.24, 2.45) is 5.92 Å². The largest absolute Gasteiger partial charge is 0.394 e. The summed E-state index contributed by atoms with van der Waals surface area (Å²) in [6.07, 6.45) is 0. The summed E-state index contributed by atoms with van der Waals surface area (Å²) in [5, 5.41) is 15.4. The highest BCUT2D eigenvalue weighted by molar-refractivity contribution is 6.34. The van der Waals surface area contributed by atoms with Crippen LogP contribution < -0.4 is 10.6 Å². The van der Waals surface area contributed by atoms with Gasteiger partial charge in [0.25, 0.3) is 5.91 Å². The molecular formula is C15H23ClN2O2. The van der Waals surface area contributed by atoms with E-state index in [1.807, 2.05) is 6.07 Å². The first-order chi connectivity index (χ1) is 9.35. The number of nitrogens with one attached hydrogen (secondary N) is 2. The van der Waals surface area contributed by atoms with Crippen LogP contribution in [0.5, 0.6) is 0 Å². The second-order valence-corrected chi connectivity index (χ2v) is 5.84. The molecule has 0 aliphatic heterocycles. The molecule has 1 rings (SSSR count). The lowest BCUT2D eigenvalue weighted by Gasteiger charge is -2.20. The molecule has 0 radical (unpaired) electrons. The molecular weight excluding hydrogens is 276 g/mol.